The Hall–Kier alpha value is -3.30. The van der Waals surface area contributed by atoms with Crippen LogP contribution in [0.2, 0.25) is 0 Å². The maximum Gasteiger partial charge on any atom is 0.328 e. The molecule has 1 aliphatic heterocycles. The highest BCUT2D eigenvalue weighted by Crippen LogP contribution is 2.34. The van der Waals surface area contributed by atoms with Gasteiger partial charge in [0.15, 0.2) is 0 Å². The van der Waals surface area contributed by atoms with E-state index in [1.54, 1.807) is 45.2 Å². The smallest absolute Gasteiger partial charge is 0.328 e. The second-order valence-electron chi connectivity index (χ2n) is 8.79. The van der Waals surface area contributed by atoms with E-state index in [2.05, 4.69) is 16.0 Å². The molecule has 0 bridgehead atoms. The van der Waals surface area contributed by atoms with Crippen molar-refractivity contribution in [2.45, 2.75) is 51.2 Å². The molecule has 33 heavy (non-hydrogen) atoms. The molecule has 2 fully saturated rings. The summed E-state index contributed by atoms with van der Waals surface area (Å²) >= 11 is 0. The summed E-state index contributed by atoms with van der Waals surface area (Å²) in [4.78, 5) is 52.0. The average Bonchev–Trinajstić information content (AvgIpc) is 3.56. The summed E-state index contributed by atoms with van der Waals surface area (Å²) in [5.41, 5.74) is 0.587. The molecule has 180 valence electrons. The van der Waals surface area contributed by atoms with Gasteiger partial charge in [-0.1, -0.05) is 13.8 Å². The van der Waals surface area contributed by atoms with E-state index in [1.807, 2.05) is 0 Å². The highest BCUT2D eigenvalue weighted by molar-refractivity contribution is 5.93. The normalized spacial score (nSPS) is 20.7. The molecule has 10 heteroatoms. The minimum absolute atomic E-state index is 0.0753. The molecule has 1 aromatic rings. The highest BCUT2D eigenvalue weighted by atomic mass is 16.5. The van der Waals surface area contributed by atoms with Crippen LogP contribution < -0.4 is 20.7 Å². The van der Waals surface area contributed by atoms with Crippen molar-refractivity contribution in [3.63, 3.8) is 0 Å². The molecule has 3 rings (SSSR count). The van der Waals surface area contributed by atoms with Gasteiger partial charge in [-0.25, -0.2) is 9.59 Å². The number of urea groups is 1. The molecule has 3 atom stereocenters. The monoisotopic (exact) mass is 460 g/mol. The van der Waals surface area contributed by atoms with Crippen LogP contribution in [-0.2, 0) is 19.1 Å². The summed E-state index contributed by atoms with van der Waals surface area (Å²) in [5, 5.41) is 8.32. The van der Waals surface area contributed by atoms with E-state index in [4.69, 9.17) is 9.47 Å². The molecule has 10 nitrogen and oxygen atoms in total. The Kier molecular flexibility index (Phi) is 7.78. The molecule has 3 unspecified atom stereocenters. The lowest BCUT2D eigenvalue weighted by Gasteiger charge is -2.27. The predicted octanol–water partition coefficient (Wildman–Crippen LogP) is 1.51. The average molecular weight is 461 g/mol. The van der Waals surface area contributed by atoms with Crippen LogP contribution in [0, 0.1) is 11.8 Å². The Balaban J connectivity index is 1.65. The minimum Gasteiger partial charge on any atom is -0.497 e. The third-order valence-corrected chi connectivity index (χ3v) is 5.92. The van der Waals surface area contributed by atoms with Crippen molar-refractivity contribution in [2.75, 3.05) is 26.1 Å². The van der Waals surface area contributed by atoms with Crippen LogP contribution in [-0.4, -0.2) is 67.6 Å². The van der Waals surface area contributed by atoms with E-state index in [-0.39, 0.29) is 30.7 Å². The van der Waals surface area contributed by atoms with Crippen LogP contribution >= 0.6 is 0 Å². The van der Waals surface area contributed by atoms with Crippen LogP contribution in [0.25, 0.3) is 0 Å². The first kappa shape index (κ1) is 24.3. The zero-order valence-electron chi connectivity index (χ0n) is 19.4. The molecule has 3 N–H and O–H groups in total. The Morgan fingerprint density at radius 2 is 1.73 bits per heavy atom. The number of carbonyl (C=O) groups is 4. The van der Waals surface area contributed by atoms with E-state index in [0.29, 0.717) is 11.4 Å². The molecule has 1 aliphatic carbocycles. The van der Waals surface area contributed by atoms with Gasteiger partial charge < -0.3 is 30.3 Å². The lowest BCUT2D eigenvalue weighted by Crippen LogP contribution is -2.52. The minimum atomic E-state index is -0.814. The number of esters is 1. The molecule has 1 saturated carbocycles. The quantitative estimate of drug-likeness (QED) is 0.505. The van der Waals surface area contributed by atoms with E-state index >= 15 is 0 Å². The molecule has 1 saturated heterocycles. The van der Waals surface area contributed by atoms with Gasteiger partial charge in [-0.3, -0.25) is 9.59 Å². The third-order valence-electron chi connectivity index (χ3n) is 5.92. The van der Waals surface area contributed by atoms with Gasteiger partial charge in [-0.2, -0.15) is 0 Å². The van der Waals surface area contributed by atoms with Gasteiger partial charge in [0.25, 0.3) is 0 Å². The van der Waals surface area contributed by atoms with Crippen molar-refractivity contribution in [3.8, 4) is 5.75 Å². The fourth-order valence-electron chi connectivity index (χ4n) is 3.90. The number of amides is 4. The van der Waals surface area contributed by atoms with Gasteiger partial charge >= 0.3 is 12.0 Å². The van der Waals surface area contributed by atoms with Gasteiger partial charge in [0, 0.05) is 18.2 Å². The molecule has 0 aromatic heterocycles. The van der Waals surface area contributed by atoms with Gasteiger partial charge in [0.1, 0.15) is 17.8 Å². The Labute approximate surface area is 193 Å². The van der Waals surface area contributed by atoms with Gasteiger partial charge in [0.2, 0.25) is 11.8 Å². The number of rotatable bonds is 8. The van der Waals surface area contributed by atoms with Crippen molar-refractivity contribution >= 4 is 29.5 Å². The summed E-state index contributed by atoms with van der Waals surface area (Å²) in [6, 6.07) is 4.47. The summed E-state index contributed by atoms with van der Waals surface area (Å²) in [7, 11) is 2.83. The topological polar surface area (TPSA) is 126 Å². The van der Waals surface area contributed by atoms with Crippen molar-refractivity contribution in [1.82, 2.24) is 15.5 Å². The van der Waals surface area contributed by atoms with Gasteiger partial charge in [0.05, 0.1) is 20.3 Å². The first-order chi connectivity index (χ1) is 15.7. The first-order valence-corrected chi connectivity index (χ1v) is 11.1. The number of nitrogens with zero attached hydrogens (tertiary/aromatic N) is 1. The van der Waals surface area contributed by atoms with Crippen molar-refractivity contribution in [1.29, 1.82) is 0 Å². The number of nitrogens with one attached hydrogen (secondary N) is 3. The number of likely N-dealkylation sites (tertiary alicyclic amines) is 1. The summed E-state index contributed by atoms with van der Waals surface area (Å²) in [6.07, 6.45) is 1.86. The highest BCUT2D eigenvalue weighted by Gasteiger charge is 2.45. The Morgan fingerprint density at radius 3 is 2.27 bits per heavy atom. The summed E-state index contributed by atoms with van der Waals surface area (Å²) in [6.45, 7) is 3.84. The van der Waals surface area contributed by atoms with Crippen molar-refractivity contribution < 1.29 is 28.7 Å². The standard InChI is InChI=1S/C23H32N4O6/c1-13(2)19(22(30)33-4)26-20(28)18-11-16(12-27(18)21(29)14-5-6-14)25-23(31)24-15-7-9-17(32-3)10-8-15/h7-10,13-14,16,18-19H,5-6,11-12H2,1-4H3,(H,26,28)(H2,24,25,31). The molecular formula is C23H32N4O6. The van der Waals surface area contributed by atoms with E-state index < -0.39 is 36.0 Å². The molecule has 1 heterocycles. The molecule has 0 radical (unpaired) electrons. The zero-order chi connectivity index (χ0) is 24.1. The lowest BCUT2D eigenvalue weighted by molar-refractivity contribution is -0.147. The number of methoxy groups -OCH3 is 2. The predicted molar refractivity (Wildman–Crippen MR) is 121 cm³/mol. The van der Waals surface area contributed by atoms with E-state index in [0.717, 1.165) is 12.8 Å². The number of carbonyl (C=O) groups excluding carboxylic acids is 4. The lowest BCUT2D eigenvalue weighted by atomic mass is 10.0. The fourth-order valence-corrected chi connectivity index (χ4v) is 3.90. The number of anilines is 1. The van der Waals surface area contributed by atoms with Crippen molar-refractivity contribution in [3.05, 3.63) is 24.3 Å². The van der Waals surface area contributed by atoms with Crippen LogP contribution in [0.3, 0.4) is 0 Å². The maximum absolute atomic E-state index is 13.1. The largest absolute Gasteiger partial charge is 0.497 e. The molecule has 1 aromatic carbocycles. The SMILES string of the molecule is COC(=O)C(NC(=O)C1CC(NC(=O)Nc2ccc(OC)cc2)CN1C(=O)C1CC1)C(C)C. The third kappa shape index (κ3) is 6.15. The van der Waals surface area contributed by atoms with Crippen molar-refractivity contribution in [2.24, 2.45) is 11.8 Å². The number of ether oxygens (including phenoxy) is 2. The van der Waals surface area contributed by atoms with E-state index in [1.165, 1.54) is 12.0 Å². The van der Waals surface area contributed by atoms with Crippen LogP contribution in [0.1, 0.15) is 33.1 Å². The second kappa shape index (κ2) is 10.5. The molecule has 0 spiro atoms. The molecule has 2 aliphatic rings. The van der Waals surface area contributed by atoms with E-state index in [9.17, 15) is 19.2 Å². The molecular weight excluding hydrogens is 428 g/mol. The fraction of sp³-hybridized carbons (Fsp3) is 0.565. The number of hydrogen-bond acceptors (Lipinski definition) is 6. The molecule has 4 amide bonds. The first-order valence-electron chi connectivity index (χ1n) is 11.1. The summed E-state index contributed by atoms with van der Waals surface area (Å²) in [5.74, 6) is -0.633. The van der Waals surface area contributed by atoms with Crippen LogP contribution in [0.4, 0.5) is 10.5 Å². The summed E-state index contributed by atoms with van der Waals surface area (Å²) < 4.78 is 9.90. The van der Waals surface area contributed by atoms with Gasteiger partial charge in [-0.15, -0.1) is 0 Å². The number of hydrogen-bond donors (Lipinski definition) is 3. The zero-order valence-corrected chi connectivity index (χ0v) is 19.4. The van der Waals surface area contributed by atoms with Crippen LogP contribution in [0.5, 0.6) is 5.75 Å². The second-order valence-corrected chi connectivity index (χ2v) is 8.79. The Bertz CT molecular complexity index is 883. The Morgan fingerprint density at radius 1 is 1.06 bits per heavy atom. The maximum atomic E-state index is 13.1. The number of benzene rings is 1. The van der Waals surface area contributed by atoms with Gasteiger partial charge in [-0.05, 0) is 49.4 Å². The van der Waals surface area contributed by atoms with Crippen LogP contribution in [0.15, 0.2) is 24.3 Å².